The van der Waals surface area contributed by atoms with E-state index in [0.29, 0.717) is 18.7 Å². The van der Waals surface area contributed by atoms with Gasteiger partial charge in [-0.25, -0.2) is 10.6 Å². The van der Waals surface area contributed by atoms with Crippen molar-refractivity contribution in [1.82, 2.24) is 9.99 Å². The fourth-order valence-corrected chi connectivity index (χ4v) is 6.47. The minimum atomic E-state index is -0.922. The first-order valence-electron chi connectivity index (χ1n) is 16.6. The van der Waals surface area contributed by atoms with Gasteiger partial charge in [0, 0.05) is 17.3 Å². The van der Waals surface area contributed by atoms with E-state index in [2.05, 4.69) is 66.3 Å². The number of rotatable bonds is 16. The van der Waals surface area contributed by atoms with Crippen LogP contribution in [0, 0.1) is 0 Å². The number of nitrogens with two attached hydrogens (primary N) is 1. The summed E-state index contributed by atoms with van der Waals surface area (Å²) in [6.45, 7) is 5.63. The Morgan fingerprint density at radius 3 is 2.30 bits per heavy atom. The molecule has 1 amide bonds. The highest BCUT2D eigenvalue weighted by Gasteiger charge is 2.21. The van der Waals surface area contributed by atoms with E-state index in [0.717, 1.165) is 65.2 Å². The maximum Gasteiger partial charge on any atom is 0.335 e. The highest BCUT2D eigenvalue weighted by atomic mass is 16.5. The van der Waals surface area contributed by atoms with E-state index in [1.807, 2.05) is 24.3 Å². The second-order valence-corrected chi connectivity index (χ2v) is 12.0. The molecule has 0 aliphatic heterocycles. The number of benzene rings is 4. The topological polar surface area (TPSA) is 107 Å². The number of fused-ring (bicyclic) bond motifs is 3. The van der Waals surface area contributed by atoms with E-state index < -0.39 is 5.97 Å². The van der Waals surface area contributed by atoms with Crippen LogP contribution in [0.15, 0.2) is 78.9 Å². The molecule has 4 aromatic carbocycles. The molecule has 0 aliphatic carbocycles. The molecule has 0 spiro atoms. The van der Waals surface area contributed by atoms with Gasteiger partial charge in [-0.15, -0.1) is 0 Å². The lowest BCUT2D eigenvalue weighted by Crippen LogP contribution is -2.30. The van der Waals surface area contributed by atoms with Gasteiger partial charge in [0.2, 0.25) is 0 Å². The van der Waals surface area contributed by atoms with Crippen LogP contribution in [0.25, 0.3) is 21.8 Å². The molecule has 5 rings (SSSR count). The summed E-state index contributed by atoms with van der Waals surface area (Å²) in [5, 5.41) is 11.1. The van der Waals surface area contributed by atoms with E-state index in [1.165, 1.54) is 42.4 Å². The summed E-state index contributed by atoms with van der Waals surface area (Å²) in [6.07, 6.45) is 9.33. The van der Waals surface area contributed by atoms with Crippen molar-refractivity contribution in [1.29, 1.82) is 0 Å². The Morgan fingerprint density at radius 2 is 1.59 bits per heavy atom. The van der Waals surface area contributed by atoms with Crippen molar-refractivity contribution < 1.29 is 19.4 Å². The number of hydrogen-bond acceptors (Lipinski definition) is 4. The Balaban J connectivity index is 1.54. The van der Waals surface area contributed by atoms with Gasteiger partial charge < -0.3 is 14.4 Å². The lowest BCUT2D eigenvalue weighted by Gasteiger charge is -2.15. The van der Waals surface area contributed by atoms with Gasteiger partial charge >= 0.3 is 5.97 Å². The first-order chi connectivity index (χ1) is 22.4. The summed E-state index contributed by atoms with van der Waals surface area (Å²) >= 11 is 0. The van der Waals surface area contributed by atoms with Gasteiger partial charge in [0.15, 0.2) is 0 Å². The smallest absolute Gasteiger partial charge is 0.335 e. The third-order valence-electron chi connectivity index (χ3n) is 8.87. The van der Waals surface area contributed by atoms with Crippen LogP contribution in [-0.2, 0) is 25.8 Å². The van der Waals surface area contributed by atoms with E-state index in [-0.39, 0.29) is 11.5 Å². The molecule has 7 nitrogen and oxygen atoms in total. The SMILES string of the molecule is CCCCCCCc1cc(OCCCc2ccc(C(=O)O)cc2)cc2c3c(C(=O)NN)cccc3n(Cc3ccccc3CC)c12. The number of carboxylic acids is 1. The fraction of sp³-hybridized carbons (Fsp3) is 0.333. The second-order valence-electron chi connectivity index (χ2n) is 12.0. The highest BCUT2D eigenvalue weighted by Crippen LogP contribution is 2.38. The fourth-order valence-electron chi connectivity index (χ4n) is 6.47. The third kappa shape index (κ3) is 7.43. The van der Waals surface area contributed by atoms with E-state index in [1.54, 1.807) is 12.1 Å². The Labute approximate surface area is 271 Å². The number of hydrazine groups is 1. The predicted octanol–water partition coefficient (Wildman–Crippen LogP) is 8.23. The number of amides is 1. The Bertz CT molecular complexity index is 1810. The Morgan fingerprint density at radius 1 is 0.826 bits per heavy atom. The van der Waals surface area contributed by atoms with Crippen molar-refractivity contribution in [3.8, 4) is 5.75 Å². The van der Waals surface area contributed by atoms with Gasteiger partial charge in [0.05, 0.1) is 28.8 Å². The molecule has 4 N–H and O–H groups in total. The number of nitrogens with zero attached hydrogens (tertiary/aromatic N) is 1. The zero-order valence-electron chi connectivity index (χ0n) is 27.0. The van der Waals surface area contributed by atoms with Crippen LogP contribution < -0.4 is 16.0 Å². The molecule has 0 saturated carbocycles. The van der Waals surface area contributed by atoms with Gasteiger partial charge in [-0.05, 0) is 90.8 Å². The summed E-state index contributed by atoms with van der Waals surface area (Å²) < 4.78 is 8.77. The maximum absolute atomic E-state index is 13.1. The van der Waals surface area contributed by atoms with Crippen LogP contribution in [0.3, 0.4) is 0 Å². The van der Waals surface area contributed by atoms with Crippen LogP contribution in [0.2, 0.25) is 0 Å². The van der Waals surface area contributed by atoms with Gasteiger partial charge in [-0.2, -0.15) is 0 Å². The van der Waals surface area contributed by atoms with Gasteiger partial charge in [-0.1, -0.05) is 82.0 Å². The van der Waals surface area contributed by atoms with E-state index in [9.17, 15) is 14.7 Å². The quantitative estimate of drug-likeness (QED) is 0.0446. The number of ether oxygens (including phenoxy) is 1. The molecule has 7 heteroatoms. The molecule has 0 atom stereocenters. The molecular weight excluding hydrogens is 574 g/mol. The second kappa shape index (κ2) is 15.6. The maximum atomic E-state index is 13.1. The number of aromatic nitrogens is 1. The van der Waals surface area contributed by atoms with Crippen molar-refractivity contribution in [3.05, 3.63) is 112 Å². The molecule has 0 aliphatic rings. The number of aryl methyl sites for hydroxylation is 3. The zero-order valence-corrected chi connectivity index (χ0v) is 27.0. The summed E-state index contributed by atoms with van der Waals surface area (Å²) in [6, 6.07) is 25.7. The number of hydrogen-bond donors (Lipinski definition) is 3. The first-order valence-corrected chi connectivity index (χ1v) is 16.6. The van der Waals surface area contributed by atoms with Crippen molar-refractivity contribution in [3.63, 3.8) is 0 Å². The number of carbonyl (C=O) groups is 2. The molecule has 1 aromatic heterocycles. The van der Waals surface area contributed by atoms with Crippen LogP contribution in [0.5, 0.6) is 5.75 Å². The third-order valence-corrected chi connectivity index (χ3v) is 8.87. The van der Waals surface area contributed by atoms with E-state index in [4.69, 9.17) is 10.6 Å². The van der Waals surface area contributed by atoms with Gasteiger partial charge in [0.1, 0.15) is 5.75 Å². The summed E-state index contributed by atoms with van der Waals surface area (Å²) in [4.78, 5) is 24.3. The minimum Gasteiger partial charge on any atom is -0.494 e. The van der Waals surface area contributed by atoms with Crippen LogP contribution in [0.4, 0.5) is 0 Å². The molecule has 46 heavy (non-hydrogen) atoms. The van der Waals surface area contributed by atoms with Crippen LogP contribution in [-0.4, -0.2) is 28.2 Å². The molecule has 5 aromatic rings. The van der Waals surface area contributed by atoms with Gasteiger partial charge in [0.25, 0.3) is 5.91 Å². The summed E-state index contributed by atoms with van der Waals surface area (Å²) in [7, 11) is 0. The first kappa shape index (κ1) is 32.8. The van der Waals surface area contributed by atoms with E-state index >= 15 is 0 Å². The molecule has 0 saturated heterocycles. The Kier molecular flexibility index (Phi) is 11.1. The number of unbranched alkanes of at least 4 members (excludes halogenated alkanes) is 4. The molecule has 0 bridgehead atoms. The van der Waals surface area contributed by atoms with Crippen molar-refractivity contribution >= 4 is 33.7 Å². The predicted molar refractivity (Wildman–Crippen MR) is 186 cm³/mol. The molecule has 0 fully saturated rings. The minimum absolute atomic E-state index is 0.288. The van der Waals surface area contributed by atoms with Crippen molar-refractivity contribution in [2.24, 2.45) is 5.84 Å². The average Bonchev–Trinajstić information content (AvgIpc) is 3.40. The Hall–Kier alpha value is -4.62. The number of nitrogen functional groups attached to an aromatic ring is 1. The van der Waals surface area contributed by atoms with Crippen LogP contribution >= 0.6 is 0 Å². The number of nitrogens with one attached hydrogen (secondary N) is 1. The number of carboxylic acid groups (broad SMARTS) is 1. The molecule has 0 radical (unpaired) electrons. The number of carbonyl (C=O) groups excluding carboxylic acids is 1. The molecule has 0 unspecified atom stereocenters. The lowest BCUT2D eigenvalue weighted by molar-refractivity contribution is 0.0696. The van der Waals surface area contributed by atoms with Crippen molar-refractivity contribution in [2.75, 3.05) is 6.61 Å². The van der Waals surface area contributed by atoms with Crippen molar-refractivity contribution in [2.45, 2.75) is 78.2 Å². The van der Waals surface area contributed by atoms with Crippen LogP contribution in [0.1, 0.15) is 95.3 Å². The summed E-state index contributed by atoms with van der Waals surface area (Å²) in [5.41, 5.74) is 10.2. The number of aromatic carboxylic acids is 1. The van der Waals surface area contributed by atoms with Gasteiger partial charge in [-0.3, -0.25) is 10.2 Å². The zero-order chi connectivity index (χ0) is 32.5. The molecule has 240 valence electrons. The molecule has 1 heterocycles. The summed E-state index contributed by atoms with van der Waals surface area (Å²) in [5.74, 6) is 5.21. The molecular formula is C39H45N3O4. The standard InChI is InChI=1S/C39H45N3O4/c1-3-5-6-7-8-15-30-24-32(46-23-12-13-27-19-21-29(22-20-27)39(44)45)25-34-36-33(38(43)41-40)17-11-18-35(36)42(37(30)34)26-31-16-10-9-14-28(31)4-2/h9-11,14,16-22,24-25H,3-8,12-13,15,23,26,40H2,1-2H3,(H,41,43)(H,44,45). The lowest BCUT2D eigenvalue weighted by atomic mass is 10.00. The largest absolute Gasteiger partial charge is 0.494 e. The highest BCUT2D eigenvalue weighted by molar-refractivity contribution is 6.19. The monoisotopic (exact) mass is 619 g/mol. The normalized spacial score (nSPS) is 11.3. The average molecular weight is 620 g/mol.